The Morgan fingerprint density at radius 1 is 0.594 bits per heavy atom. The Morgan fingerprint density at radius 3 is 1.16 bits per heavy atom. The summed E-state index contributed by atoms with van der Waals surface area (Å²) in [5.41, 5.74) is 0.144. The first-order valence-electron chi connectivity index (χ1n) is 11.4. The number of hydrogen-bond acceptors (Lipinski definition) is 6. The van der Waals surface area contributed by atoms with Gasteiger partial charge in [-0.1, -0.05) is 53.4 Å². The van der Waals surface area contributed by atoms with Crippen molar-refractivity contribution < 1.29 is 38.9 Å². The molecule has 0 aliphatic rings. The van der Waals surface area contributed by atoms with Gasteiger partial charge in [-0.15, -0.1) is 0 Å². The van der Waals surface area contributed by atoms with E-state index >= 15 is 0 Å². The molecule has 0 aromatic carbocycles. The number of aliphatic carboxylic acids is 2. The van der Waals surface area contributed by atoms with Gasteiger partial charge in [-0.3, -0.25) is 0 Å². The maximum absolute atomic E-state index is 11.0. The zero-order valence-electron chi connectivity index (χ0n) is 20.0. The second kappa shape index (κ2) is 21.6. The summed E-state index contributed by atoms with van der Waals surface area (Å²) in [7, 11) is 0. The van der Waals surface area contributed by atoms with Gasteiger partial charge >= 0.3 is 23.9 Å². The number of carboxylic acid groups (broad SMARTS) is 2. The second-order valence-electron chi connectivity index (χ2n) is 7.15. The van der Waals surface area contributed by atoms with Crippen molar-refractivity contribution in [2.24, 2.45) is 0 Å². The van der Waals surface area contributed by atoms with Gasteiger partial charge in [0.2, 0.25) is 0 Å². The van der Waals surface area contributed by atoms with Gasteiger partial charge in [0.1, 0.15) is 0 Å². The molecule has 2 N–H and O–H groups in total. The van der Waals surface area contributed by atoms with Crippen LogP contribution in [0.5, 0.6) is 0 Å². The molecule has 0 saturated heterocycles. The van der Waals surface area contributed by atoms with Gasteiger partial charge in [0, 0.05) is 23.3 Å². The smallest absolute Gasteiger partial charge is 0.332 e. The highest BCUT2D eigenvalue weighted by atomic mass is 16.5. The summed E-state index contributed by atoms with van der Waals surface area (Å²) < 4.78 is 9.65. The highest BCUT2D eigenvalue weighted by Gasteiger charge is 2.18. The molecule has 0 aromatic rings. The molecule has 0 aliphatic carbocycles. The van der Waals surface area contributed by atoms with Crippen LogP contribution < -0.4 is 0 Å². The van der Waals surface area contributed by atoms with Crippen LogP contribution in [0.1, 0.15) is 91.9 Å². The van der Waals surface area contributed by atoms with E-state index in [4.69, 9.17) is 19.7 Å². The summed E-state index contributed by atoms with van der Waals surface area (Å²) in [6.07, 6.45) is 9.64. The number of carboxylic acids is 2. The number of hydrogen-bond donors (Lipinski definition) is 2. The molecule has 0 unspecified atom stereocenters. The number of ether oxygens (including phenoxy) is 2. The molecule has 0 amide bonds. The van der Waals surface area contributed by atoms with Crippen LogP contribution in [0, 0.1) is 0 Å². The van der Waals surface area contributed by atoms with Gasteiger partial charge in [0.05, 0.1) is 13.2 Å². The normalized spacial score (nSPS) is 11.2. The van der Waals surface area contributed by atoms with Crippen molar-refractivity contribution in [3.05, 3.63) is 23.3 Å². The predicted octanol–water partition coefficient (Wildman–Crippen LogP) is 5.06. The van der Waals surface area contributed by atoms with Gasteiger partial charge in [0.15, 0.2) is 0 Å². The third-order valence-corrected chi connectivity index (χ3v) is 4.28. The third-order valence-electron chi connectivity index (χ3n) is 4.28. The number of rotatable bonds is 16. The van der Waals surface area contributed by atoms with Crippen LogP contribution in [0.25, 0.3) is 0 Å². The second-order valence-corrected chi connectivity index (χ2v) is 7.15. The standard InChI is InChI=1S/2C12H20O4/c1-3-5-9-15-11(13)7-8-12(14)16-10-6-4-2;1-3-5-7-9(11(13)14)10(12(15)16)8-6-4-2/h7-8H,3-6,9-10H2,1-2H3;3-8H2,1-2H3,(H,13,14)(H,15,16)/b8-7+;10-9+. The average molecular weight is 457 g/mol. The van der Waals surface area contributed by atoms with Crippen molar-refractivity contribution in [1.29, 1.82) is 0 Å². The minimum absolute atomic E-state index is 0.0720. The topological polar surface area (TPSA) is 127 Å². The molecule has 0 rings (SSSR count). The van der Waals surface area contributed by atoms with E-state index in [9.17, 15) is 19.2 Å². The monoisotopic (exact) mass is 456 g/mol. The minimum atomic E-state index is -1.10. The minimum Gasteiger partial charge on any atom is -0.478 e. The van der Waals surface area contributed by atoms with Crippen molar-refractivity contribution in [1.82, 2.24) is 0 Å². The molecule has 184 valence electrons. The van der Waals surface area contributed by atoms with Gasteiger partial charge < -0.3 is 19.7 Å². The molecule has 0 saturated carbocycles. The van der Waals surface area contributed by atoms with Crippen LogP contribution >= 0.6 is 0 Å². The maximum Gasteiger partial charge on any atom is 0.332 e. The van der Waals surface area contributed by atoms with E-state index in [1.807, 2.05) is 27.7 Å². The van der Waals surface area contributed by atoms with Gasteiger partial charge in [0.25, 0.3) is 0 Å². The quantitative estimate of drug-likeness (QED) is 0.187. The van der Waals surface area contributed by atoms with E-state index in [1.54, 1.807) is 0 Å². The highest BCUT2D eigenvalue weighted by Crippen LogP contribution is 2.18. The van der Waals surface area contributed by atoms with Crippen molar-refractivity contribution >= 4 is 23.9 Å². The first kappa shape index (κ1) is 31.5. The first-order chi connectivity index (χ1) is 15.2. The van der Waals surface area contributed by atoms with Crippen molar-refractivity contribution in [2.75, 3.05) is 13.2 Å². The van der Waals surface area contributed by atoms with Gasteiger partial charge in [-0.05, 0) is 38.5 Å². The Balaban J connectivity index is 0. The zero-order chi connectivity index (χ0) is 24.8. The largest absolute Gasteiger partial charge is 0.478 e. The predicted molar refractivity (Wildman–Crippen MR) is 122 cm³/mol. The van der Waals surface area contributed by atoms with Gasteiger partial charge in [-0.25, -0.2) is 19.2 Å². The maximum atomic E-state index is 11.0. The molecule has 0 heterocycles. The fourth-order valence-corrected chi connectivity index (χ4v) is 2.35. The van der Waals surface area contributed by atoms with E-state index < -0.39 is 23.9 Å². The van der Waals surface area contributed by atoms with Crippen LogP contribution in [0.3, 0.4) is 0 Å². The molecular weight excluding hydrogens is 416 g/mol. The molecule has 0 atom stereocenters. The van der Waals surface area contributed by atoms with Crippen molar-refractivity contribution in [3.8, 4) is 0 Å². The zero-order valence-corrected chi connectivity index (χ0v) is 20.0. The third kappa shape index (κ3) is 18.2. The number of unbranched alkanes of at least 4 members (excludes halogenated alkanes) is 4. The van der Waals surface area contributed by atoms with Crippen LogP contribution in [0.15, 0.2) is 23.3 Å². The average Bonchev–Trinajstić information content (AvgIpc) is 2.75. The summed E-state index contributed by atoms with van der Waals surface area (Å²) in [6, 6.07) is 0. The van der Waals surface area contributed by atoms with E-state index in [2.05, 4.69) is 0 Å². The summed E-state index contributed by atoms with van der Waals surface area (Å²) in [6.45, 7) is 8.70. The fourth-order valence-electron chi connectivity index (χ4n) is 2.35. The Labute approximate surface area is 191 Å². The molecule has 0 radical (unpaired) electrons. The molecule has 0 spiro atoms. The molecular formula is C24H40O8. The Hall–Kier alpha value is -2.64. The van der Waals surface area contributed by atoms with E-state index in [0.29, 0.717) is 38.9 Å². The SMILES string of the molecule is CCCC/C(C(=O)O)=C(/CCCC)C(=O)O.CCCCOC(=O)/C=C/C(=O)OCCCC. The van der Waals surface area contributed by atoms with Crippen LogP contribution in [-0.4, -0.2) is 47.3 Å². The highest BCUT2D eigenvalue weighted by molar-refractivity contribution is 5.98. The molecule has 0 aromatic heterocycles. The fraction of sp³-hybridized carbons (Fsp3) is 0.667. The number of esters is 2. The summed E-state index contributed by atoms with van der Waals surface area (Å²) in [5, 5.41) is 18.0. The molecule has 0 fully saturated rings. The van der Waals surface area contributed by atoms with Crippen molar-refractivity contribution in [2.45, 2.75) is 91.9 Å². The molecule has 0 bridgehead atoms. The number of carbonyl (C=O) groups is 4. The lowest BCUT2D eigenvalue weighted by Crippen LogP contribution is -2.11. The Bertz CT molecular complexity index is 567. The lowest BCUT2D eigenvalue weighted by Gasteiger charge is -2.08. The summed E-state index contributed by atoms with van der Waals surface area (Å²) >= 11 is 0. The van der Waals surface area contributed by atoms with Crippen molar-refractivity contribution in [3.63, 3.8) is 0 Å². The molecule has 8 nitrogen and oxygen atoms in total. The molecule has 0 aliphatic heterocycles. The number of carbonyl (C=O) groups excluding carboxylic acids is 2. The van der Waals surface area contributed by atoms with Crippen LogP contribution in [0.4, 0.5) is 0 Å². The van der Waals surface area contributed by atoms with E-state index in [-0.39, 0.29) is 11.1 Å². The van der Waals surface area contributed by atoms with E-state index in [0.717, 1.165) is 50.7 Å². The van der Waals surface area contributed by atoms with Crippen LogP contribution in [0.2, 0.25) is 0 Å². The van der Waals surface area contributed by atoms with Gasteiger partial charge in [-0.2, -0.15) is 0 Å². The Kier molecular flexibility index (Phi) is 21.3. The lowest BCUT2D eigenvalue weighted by atomic mass is 9.98. The van der Waals surface area contributed by atoms with Crippen LogP contribution in [-0.2, 0) is 28.7 Å². The van der Waals surface area contributed by atoms with E-state index in [1.165, 1.54) is 0 Å². The molecule has 32 heavy (non-hydrogen) atoms. The lowest BCUT2D eigenvalue weighted by molar-refractivity contribution is -0.140. The first-order valence-corrected chi connectivity index (χ1v) is 11.4. The summed E-state index contributed by atoms with van der Waals surface area (Å²) in [4.78, 5) is 44.1. The molecule has 8 heteroatoms. The summed E-state index contributed by atoms with van der Waals surface area (Å²) in [5.74, 6) is -3.19. The Morgan fingerprint density at radius 2 is 0.906 bits per heavy atom.